The molecule has 0 bridgehead atoms. The molecule has 0 spiro atoms. The molecule has 1 aliphatic heterocycles. The summed E-state index contributed by atoms with van der Waals surface area (Å²) in [4.78, 5) is 25.6. The van der Waals surface area contributed by atoms with Crippen LogP contribution in [0.4, 0.5) is 10.5 Å². The van der Waals surface area contributed by atoms with E-state index in [9.17, 15) is 9.59 Å². The van der Waals surface area contributed by atoms with Crippen LogP contribution in [0.15, 0.2) is 18.2 Å². The number of nitrogens with zero attached hydrogens (tertiary/aromatic N) is 1. The fourth-order valence-electron chi connectivity index (χ4n) is 2.31. The molecule has 2 rings (SSSR count). The summed E-state index contributed by atoms with van der Waals surface area (Å²) in [5, 5.41) is 8.63. The van der Waals surface area contributed by atoms with Gasteiger partial charge in [0, 0.05) is 25.2 Å². The first-order valence-corrected chi connectivity index (χ1v) is 7.33. The van der Waals surface area contributed by atoms with Gasteiger partial charge < -0.3 is 20.7 Å². The van der Waals surface area contributed by atoms with Gasteiger partial charge in [0.15, 0.2) is 0 Å². The average Bonchev–Trinajstić information content (AvgIpc) is 2.96. The van der Waals surface area contributed by atoms with Gasteiger partial charge in [0.2, 0.25) is 0 Å². The Morgan fingerprint density at radius 1 is 1.41 bits per heavy atom. The fraction of sp³-hybridized carbons (Fsp3) is 0.467. The molecule has 1 fully saturated rings. The van der Waals surface area contributed by atoms with Gasteiger partial charge in [-0.05, 0) is 38.2 Å². The normalized spacial score (nSPS) is 13.9. The number of amides is 3. The fourth-order valence-corrected chi connectivity index (χ4v) is 2.31. The van der Waals surface area contributed by atoms with Crippen LogP contribution in [0.2, 0.25) is 0 Å². The van der Waals surface area contributed by atoms with Crippen molar-refractivity contribution >= 4 is 17.6 Å². The molecule has 1 aliphatic rings. The lowest BCUT2D eigenvalue weighted by atomic mass is 10.1. The highest BCUT2D eigenvalue weighted by atomic mass is 16.5. The average molecular weight is 306 g/mol. The Labute approximate surface area is 130 Å². The standard InChI is InChI=1S/C15H22N4O3/c1-16-6-3-7-17-14(20)11-4-5-13(22-2)12(10-11)19-9-8-18-15(19)21/h4-5,10,16H,3,6-9H2,1-2H3,(H,17,20)(H,18,21). The quantitative estimate of drug-likeness (QED) is 0.643. The molecule has 120 valence electrons. The summed E-state index contributed by atoms with van der Waals surface area (Å²) in [5.41, 5.74) is 1.13. The number of nitrogens with one attached hydrogen (secondary N) is 3. The van der Waals surface area contributed by atoms with Crippen molar-refractivity contribution in [3.63, 3.8) is 0 Å². The maximum atomic E-state index is 12.2. The summed E-state index contributed by atoms with van der Waals surface area (Å²) in [6, 6.07) is 4.93. The van der Waals surface area contributed by atoms with Crippen molar-refractivity contribution in [2.24, 2.45) is 0 Å². The van der Waals surface area contributed by atoms with Crippen molar-refractivity contribution in [2.75, 3.05) is 45.2 Å². The van der Waals surface area contributed by atoms with Crippen molar-refractivity contribution in [3.05, 3.63) is 23.8 Å². The molecule has 0 unspecified atom stereocenters. The minimum atomic E-state index is -0.176. The number of hydrogen-bond donors (Lipinski definition) is 3. The van der Waals surface area contributed by atoms with Gasteiger partial charge >= 0.3 is 6.03 Å². The van der Waals surface area contributed by atoms with Crippen LogP contribution in [0, 0.1) is 0 Å². The van der Waals surface area contributed by atoms with E-state index in [1.165, 1.54) is 0 Å². The molecule has 1 aromatic carbocycles. The molecular weight excluding hydrogens is 284 g/mol. The number of ether oxygens (including phenoxy) is 1. The summed E-state index contributed by atoms with van der Waals surface area (Å²) >= 11 is 0. The number of urea groups is 1. The maximum absolute atomic E-state index is 12.2. The minimum Gasteiger partial charge on any atom is -0.495 e. The zero-order chi connectivity index (χ0) is 15.9. The monoisotopic (exact) mass is 306 g/mol. The van der Waals surface area contributed by atoms with Crippen LogP contribution in [-0.4, -0.2) is 52.3 Å². The first kappa shape index (κ1) is 16.1. The SMILES string of the molecule is CNCCCNC(=O)c1ccc(OC)c(N2CCNC2=O)c1. The Bertz CT molecular complexity index is 548. The van der Waals surface area contributed by atoms with E-state index >= 15 is 0 Å². The van der Waals surface area contributed by atoms with Gasteiger partial charge in [-0.15, -0.1) is 0 Å². The second-order valence-electron chi connectivity index (χ2n) is 4.98. The maximum Gasteiger partial charge on any atom is 0.322 e. The lowest BCUT2D eigenvalue weighted by molar-refractivity contribution is 0.0953. The van der Waals surface area contributed by atoms with Gasteiger partial charge in [-0.3, -0.25) is 9.69 Å². The Hall–Kier alpha value is -2.28. The third-order valence-electron chi connectivity index (χ3n) is 3.48. The minimum absolute atomic E-state index is 0.153. The van der Waals surface area contributed by atoms with E-state index < -0.39 is 0 Å². The highest BCUT2D eigenvalue weighted by Gasteiger charge is 2.25. The van der Waals surface area contributed by atoms with Gasteiger partial charge in [0.05, 0.1) is 12.8 Å². The number of carbonyl (C=O) groups excluding carboxylic acids is 2. The van der Waals surface area contributed by atoms with Crippen molar-refractivity contribution < 1.29 is 14.3 Å². The smallest absolute Gasteiger partial charge is 0.322 e. The van der Waals surface area contributed by atoms with Crippen molar-refractivity contribution in [3.8, 4) is 5.75 Å². The predicted octanol–water partition coefficient (Wildman–Crippen LogP) is 0.564. The first-order chi connectivity index (χ1) is 10.7. The second kappa shape index (κ2) is 7.65. The number of rotatable bonds is 7. The summed E-state index contributed by atoms with van der Waals surface area (Å²) in [5.74, 6) is 0.420. The molecule has 1 saturated heterocycles. The zero-order valence-electron chi connectivity index (χ0n) is 12.9. The van der Waals surface area contributed by atoms with Crippen LogP contribution in [0.5, 0.6) is 5.75 Å². The lowest BCUT2D eigenvalue weighted by Crippen LogP contribution is -2.29. The molecule has 3 N–H and O–H groups in total. The Balaban J connectivity index is 2.12. The Morgan fingerprint density at radius 2 is 2.23 bits per heavy atom. The van der Waals surface area contributed by atoms with E-state index in [0.29, 0.717) is 36.6 Å². The van der Waals surface area contributed by atoms with Gasteiger partial charge in [0.1, 0.15) is 5.75 Å². The van der Waals surface area contributed by atoms with Gasteiger partial charge in [-0.25, -0.2) is 4.79 Å². The van der Waals surface area contributed by atoms with E-state index in [2.05, 4.69) is 16.0 Å². The molecule has 22 heavy (non-hydrogen) atoms. The van der Waals surface area contributed by atoms with E-state index in [1.54, 1.807) is 30.2 Å². The largest absolute Gasteiger partial charge is 0.495 e. The molecule has 0 atom stereocenters. The van der Waals surface area contributed by atoms with Crippen LogP contribution in [0.3, 0.4) is 0 Å². The van der Waals surface area contributed by atoms with Crippen LogP contribution in [-0.2, 0) is 0 Å². The molecular formula is C15H22N4O3. The highest BCUT2D eigenvalue weighted by molar-refractivity contribution is 5.99. The molecule has 0 aromatic heterocycles. The van der Waals surface area contributed by atoms with Gasteiger partial charge in [0.25, 0.3) is 5.91 Å². The number of anilines is 1. The van der Waals surface area contributed by atoms with Crippen molar-refractivity contribution in [1.82, 2.24) is 16.0 Å². The topological polar surface area (TPSA) is 82.7 Å². The third kappa shape index (κ3) is 3.67. The summed E-state index contributed by atoms with van der Waals surface area (Å²) in [6.45, 7) is 2.60. The molecule has 7 heteroatoms. The van der Waals surface area contributed by atoms with E-state index in [0.717, 1.165) is 13.0 Å². The second-order valence-corrected chi connectivity index (χ2v) is 4.98. The predicted molar refractivity (Wildman–Crippen MR) is 84.6 cm³/mol. The highest BCUT2D eigenvalue weighted by Crippen LogP contribution is 2.30. The molecule has 0 aliphatic carbocycles. The molecule has 7 nitrogen and oxygen atoms in total. The Morgan fingerprint density at radius 3 is 2.86 bits per heavy atom. The Kier molecular flexibility index (Phi) is 5.60. The first-order valence-electron chi connectivity index (χ1n) is 7.33. The van der Waals surface area contributed by atoms with Gasteiger partial charge in [-0.2, -0.15) is 0 Å². The summed E-state index contributed by atoms with van der Waals surface area (Å²) in [6.07, 6.45) is 0.861. The van der Waals surface area contributed by atoms with Crippen molar-refractivity contribution in [2.45, 2.75) is 6.42 Å². The van der Waals surface area contributed by atoms with E-state index in [1.807, 2.05) is 7.05 Å². The van der Waals surface area contributed by atoms with Crippen LogP contribution < -0.4 is 25.6 Å². The number of carbonyl (C=O) groups is 2. The molecule has 0 radical (unpaired) electrons. The molecule has 1 aromatic rings. The van der Waals surface area contributed by atoms with Crippen LogP contribution in [0.1, 0.15) is 16.8 Å². The molecule has 3 amide bonds. The lowest BCUT2D eigenvalue weighted by Gasteiger charge is -2.18. The van der Waals surface area contributed by atoms with E-state index in [4.69, 9.17) is 4.74 Å². The molecule has 1 heterocycles. The van der Waals surface area contributed by atoms with Crippen LogP contribution >= 0.6 is 0 Å². The van der Waals surface area contributed by atoms with Gasteiger partial charge in [-0.1, -0.05) is 0 Å². The van der Waals surface area contributed by atoms with Crippen molar-refractivity contribution in [1.29, 1.82) is 0 Å². The zero-order valence-corrected chi connectivity index (χ0v) is 12.9. The van der Waals surface area contributed by atoms with E-state index in [-0.39, 0.29) is 11.9 Å². The molecule has 0 saturated carbocycles. The third-order valence-corrected chi connectivity index (χ3v) is 3.48. The number of methoxy groups -OCH3 is 1. The summed E-state index contributed by atoms with van der Waals surface area (Å²) in [7, 11) is 3.42. The summed E-state index contributed by atoms with van der Waals surface area (Å²) < 4.78 is 5.29. The number of benzene rings is 1. The number of hydrogen-bond acceptors (Lipinski definition) is 4. The van der Waals surface area contributed by atoms with Crippen LogP contribution in [0.25, 0.3) is 0 Å².